The van der Waals surface area contributed by atoms with Gasteiger partial charge < -0.3 is 4.90 Å². The number of likely N-dealkylation sites (tertiary alicyclic amines) is 1. The highest BCUT2D eigenvalue weighted by Crippen LogP contribution is 2.10. The second kappa shape index (κ2) is 9.56. The molecule has 0 aliphatic carbocycles. The third-order valence-electron chi connectivity index (χ3n) is 4.02. The first-order valence-electron chi connectivity index (χ1n) is 8.50. The van der Waals surface area contributed by atoms with Crippen LogP contribution < -0.4 is 10.9 Å². The largest absolute Gasteiger partial charge is 0.333 e. The summed E-state index contributed by atoms with van der Waals surface area (Å²) in [5, 5.41) is 0. The molecule has 2 rings (SSSR count). The minimum Gasteiger partial charge on any atom is -0.333 e. The Morgan fingerprint density at radius 3 is 2.40 bits per heavy atom. The predicted octanol–water partition coefficient (Wildman–Crippen LogP) is 1.20. The van der Waals surface area contributed by atoms with Crippen molar-refractivity contribution in [2.75, 3.05) is 13.1 Å². The minimum absolute atomic E-state index is 0.0172. The third kappa shape index (κ3) is 6.37. The van der Waals surface area contributed by atoms with Crippen LogP contribution in [-0.4, -0.2) is 41.5 Å². The van der Waals surface area contributed by atoms with Crippen LogP contribution in [0.3, 0.4) is 0 Å². The van der Waals surface area contributed by atoms with E-state index in [0.29, 0.717) is 18.5 Å². The van der Waals surface area contributed by atoms with Crippen LogP contribution in [0.25, 0.3) is 0 Å². The molecule has 134 valence electrons. The molecule has 0 atom stereocenters. The Balaban J connectivity index is 1.68. The lowest BCUT2D eigenvalue weighted by Gasteiger charge is -2.19. The highest BCUT2D eigenvalue weighted by Gasteiger charge is 2.19. The van der Waals surface area contributed by atoms with Gasteiger partial charge in [0.15, 0.2) is 5.78 Å². The molecule has 2 N–H and O–H groups in total. The number of carbonyl (C=O) groups excluding carboxylic acids is 4. The zero-order chi connectivity index (χ0) is 18.1. The summed E-state index contributed by atoms with van der Waals surface area (Å²) in [4.78, 5) is 48.8. The number of hydrazine groups is 1. The molecular formula is C18H23N3O4. The lowest BCUT2D eigenvalue weighted by atomic mass is 10.1. The maximum atomic E-state index is 11.9. The number of rotatable bonds is 6. The Morgan fingerprint density at radius 2 is 1.64 bits per heavy atom. The van der Waals surface area contributed by atoms with Crippen LogP contribution in [-0.2, 0) is 14.4 Å². The number of hydrogen-bond donors (Lipinski definition) is 2. The van der Waals surface area contributed by atoms with Crippen molar-refractivity contribution in [2.24, 2.45) is 0 Å². The average molecular weight is 345 g/mol. The van der Waals surface area contributed by atoms with E-state index in [-0.39, 0.29) is 31.1 Å². The molecule has 0 unspecified atom stereocenters. The van der Waals surface area contributed by atoms with Gasteiger partial charge in [-0.3, -0.25) is 30.0 Å². The maximum Gasteiger partial charge on any atom is 0.257 e. The van der Waals surface area contributed by atoms with Gasteiger partial charge in [-0.15, -0.1) is 0 Å². The summed E-state index contributed by atoms with van der Waals surface area (Å²) in [5.41, 5.74) is 5.13. The Hall–Kier alpha value is -2.70. The van der Waals surface area contributed by atoms with E-state index in [4.69, 9.17) is 0 Å². The smallest absolute Gasteiger partial charge is 0.257 e. The molecule has 1 aliphatic rings. The van der Waals surface area contributed by atoms with Crippen LogP contribution in [0.4, 0.5) is 0 Å². The van der Waals surface area contributed by atoms with Gasteiger partial charge in [0.2, 0.25) is 11.8 Å². The zero-order valence-electron chi connectivity index (χ0n) is 14.1. The molecule has 3 amide bonds. The number of hydrogen-bond acceptors (Lipinski definition) is 4. The standard InChI is InChI=1S/C18H23N3O4/c22-15(14-7-3-1-4-8-14)10-11-16(23)19-20-17(24)13-21-12-6-2-5-9-18(21)25/h1,3-4,7-8H,2,5-6,9-13H2,(H,19,23)(H,20,24). The molecule has 1 aromatic rings. The van der Waals surface area contributed by atoms with Crippen molar-refractivity contribution in [3.8, 4) is 0 Å². The van der Waals surface area contributed by atoms with Crippen LogP contribution in [0.2, 0.25) is 0 Å². The van der Waals surface area contributed by atoms with Gasteiger partial charge in [-0.1, -0.05) is 36.8 Å². The van der Waals surface area contributed by atoms with Gasteiger partial charge in [-0.2, -0.15) is 0 Å². The average Bonchev–Trinajstić information content (AvgIpc) is 2.83. The lowest BCUT2D eigenvalue weighted by Crippen LogP contribution is -2.47. The summed E-state index contributed by atoms with van der Waals surface area (Å²) >= 11 is 0. The fourth-order valence-electron chi connectivity index (χ4n) is 2.62. The van der Waals surface area contributed by atoms with Crippen LogP contribution in [0.15, 0.2) is 30.3 Å². The van der Waals surface area contributed by atoms with Gasteiger partial charge in [-0.25, -0.2) is 0 Å². The normalized spacial score (nSPS) is 14.6. The maximum absolute atomic E-state index is 11.9. The van der Waals surface area contributed by atoms with Crippen molar-refractivity contribution in [2.45, 2.75) is 38.5 Å². The number of nitrogens with zero attached hydrogens (tertiary/aromatic N) is 1. The molecule has 25 heavy (non-hydrogen) atoms. The second-order valence-corrected chi connectivity index (χ2v) is 6.01. The van der Waals surface area contributed by atoms with Crippen molar-refractivity contribution in [3.05, 3.63) is 35.9 Å². The van der Waals surface area contributed by atoms with E-state index < -0.39 is 11.8 Å². The van der Waals surface area contributed by atoms with Gasteiger partial charge in [0.1, 0.15) is 6.54 Å². The molecule has 7 nitrogen and oxygen atoms in total. The monoisotopic (exact) mass is 345 g/mol. The topological polar surface area (TPSA) is 95.6 Å². The summed E-state index contributed by atoms with van der Waals surface area (Å²) in [5.74, 6) is -1.05. The number of ketones is 1. The predicted molar refractivity (Wildman–Crippen MR) is 91.3 cm³/mol. The number of amides is 3. The van der Waals surface area contributed by atoms with Crippen LogP contribution in [0, 0.1) is 0 Å². The van der Waals surface area contributed by atoms with Crippen LogP contribution >= 0.6 is 0 Å². The fourth-order valence-corrected chi connectivity index (χ4v) is 2.62. The summed E-state index contributed by atoms with van der Waals surface area (Å²) in [6.07, 6.45) is 3.22. The van der Waals surface area contributed by atoms with Crippen LogP contribution in [0.1, 0.15) is 48.9 Å². The highest BCUT2D eigenvalue weighted by molar-refractivity contribution is 5.98. The summed E-state index contributed by atoms with van der Waals surface area (Å²) in [6, 6.07) is 8.73. The molecule has 1 saturated heterocycles. The molecule has 0 aromatic heterocycles. The van der Waals surface area contributed by atoms with E-state index in [1.54, 1.807) is 24.3 Å². The summed E-state index contributed by atoms with van der Waals surface area (Å²) in [6.45, 7) is 0.494. The molecule has 0 radical (unpaired) electrons. The van der Waals surface area contributed by atoms with E-state index in [1.165, 1.54) is 4.90 Å². The molecule has 1 aromatic carbocycles. The molecule has 7 heteroatoms. The second-order valence-electron chi connectivity index (χ2n) is 6.01. The van der Waals surface area contributed by atoms with Crippen molar-refractivity contribution in [3.63, 3.8) is 0 Å². The molecule has 1 aliphatic heterocycles. The number of nitrogens with one attached hydrogen (secondary N) is 2. The van der Waals surface area contributed by atoms with Crippen molar-refractivity contribution < 1.29 is 19.2 Å². The molecular weight excluding hydrogens is 322 g/mol. The molecule has 1 fully saturated rings. The first kappa shape index (κ1) is 18.6. The van der Waals surface area contributed by atoms with Gasteiger partial charge in [0.25, 0.3) is 5.91 Å². The Bertz CT molecular complexity index is 630. The van der Waals surface area contributed by atoms with E-state index in [0.717, 1.165) is 19.3 Å². The third-order valence-corrected chi connectivity index (χ3v) is 4.02. The van der Waals surface area contributed by atoms with E-state index in [1.807, 2.05) is 6.07 Å². The lowest BCUT2D eigenvalue weighted by molar-refractivity contribution is -0.136. The molecule has 0 bridgehead atoms. The van der Waals surface area contributed by atoms with Crippen LogP contribution in [0.5, 0.6) is 0 Å². The van der Waals surface area contributed by atoms with Crippen molar-refractivity contribution in [1.82, 2.24) is 15.8 Å². The summed E-state index contributed by atoms with van der Waals surface area (Å²) in [7, 11) is 0. The van der Waals surface area contributed by atoms with Gasteiger partial charge in [-0.05, 0) is 12.8 Å². The van der Waals surface area contributed by atoms with Gasteiger partial charge in [0, 0.05) is 31.4 Å². The van der Waals surface area contributed by atoms with Gasteiger partial charge in [0.05, 0.1) is 0 Å². The number of Topliss-reactive ketones (excluding diaryl/α,β-unsaturated/α-hetero) is 1. The first-order chi connectivity index (χ1) is 12.1. The minimum atomic E-state index is -0.446. The summed E-state index contributed by atoms with van der Waals surface area (Å²) < 4.78 is 0. The fraction of sp³-hybridized carbons (Fsp3) is 0.444. The molecule has 0 saturated carbocycles. The quantitative estimate of drug-likeness (QED) is 0.598. The number of benzene rings is 1. The van der Waals surface area contributed by atoms with E-state index in [2.05, 4.69) is 10.9 Å². The Morgan fingerprint density at radius 1 is 0.920 bits per heavy atom. The zero-order valence-corrected chi connectivity index (χ0v) is 14.1. The highest BCUT2D eigenvalue weighted by atomic mass is 16.2. The molecule has 0 spiro atoms. The van der Waals surface area contributed by atoms with Crippen molar-refractivity contribution in [1.29, 1.82) is 0 Å². The molecule has 1 heterocycles. The Labute approximate surface area is 146 Å². The van der Waals surface area contributed by atoms with E-state index in [9.17, 15) is 19.2 Å². The van der Waals surface area contributed by atoms with E-state index >= 15 is 0 Å². The van der Waals surface area contributed by atoms with Gasteiger partial charge >= 0.3 is 0 Å². The first-order valence-corrected chi connectivity index (χ1v) is 8.50. The SMILES string of the molecule is O=C(CCC(=O)c1ccccc1)NNC(=O)CN1CCCCCC1=O. The number of carbonyl (C=O) groups is 4. The van der Waals surface area contributed by atoms with Crippen molar-refractivity contribution >= 4 is 23.5 Å². The Kier molecular flexibility index (Phi) is 7.13.